The van der Waals surface area contributed by atoms with E-state index in [0.29, 0.717) is 15.3 Å². The number of H-pyrrole nitrogens is 2. The van der Waals surface area contributed by atoms with Crippen molar-refractivity contribution in [1.82, 2.24) is 20.7 Å². The van der Waals surface area contributed by atoms with Crippen LogP contribution in [-0.4, -0.2) is 27.4 Å². The molecule has 0 aliphatic rings. The van der Waals surface area contributed by atoms with Crippen LogP contribution in [0.5, 0.6) is 0 Å². The minimum atomic E-state index is 0.527. The summed E-state index contributed by atoms with van der Waals surface area (Å²) < 4.78 is 0.527. The highest BCUT2D eigenvalue weighted by Crippen LogP contribution is 1.93. The third kappa shape index (κ3) is 1.22. The van der Waals surface area contributed by atoms with Gasteiger partial charge in [-0.05, 0) is 0 Å². The smallest absolute Gasteiger partial charge is 0.155 e. The van der Waals surface area contributed by atoms with Crippen molar-refractivity contribution in [2.75, 3.05) is 7.05 Å². The highest BCUT2D eigenvalue weighted by Gasteiger charge is 2.02. The molecular weight excluding hydrogens is 168 g/mol. The van der Waals surface area contributed by atoms with Gasteiger partial charge < -0.3 is 5.32 Å². The molecule has 0 saturated heterocycles. The van der Waals surface area contributed by atoms with Gasteiger partial charge >= 0.3 is 0 Å². The van der Waals surface area contributed by atoms with Gasteiger partial charge in [-0.15, -0.1) is 0 Å². The zero-order valence-electron chi connectivity index (χ0n) is 5.26. The van der Waals surface area contributed by atoms with Gasteiger partial charge in [-0.2, -0.15) is 5.10 Å². The standard InChI is InChI=1S/C4H6N4S2/c1-5-3(9)2-4(10)7-8-6-2/h1H3,(H,5,9)(H2,6,7,8,10). The Hall–Kier alpha value is -0.750. The van der Waals surface area contributed by atoms with Crippen LogP contribution in [0.25, 0.3) is 0 Å². The lowest BCUT2D eigenvalue weighted by Crippen LogP contribution is -2.17. The summed E-state index contributed by atoms with van der Waals surface area (Å²) >= 11 is 9.73. The van der Waals surface area contributed by atoms with Crippen LogP contribution >= 0.6 is 24.4 Å². The summed E-state index contributed by atoms with van der Waals surface area (Å²) in [6.07, 6.45) is 0. The van der Waals surface area contributed by atoms with Gasteiger partial charge in [0.15, 0.2) is 5.69 Å². The largest absolute Gasteiger partial charge is 0.377 e. The van der Waals surface area contributed by atoms with E-state index < -0.39 is 0 Å². The lowest BCUT2D eigenvalue weighted by Gasteiger charge is -1.93. The number of aromatic amines is 2. The monoisotopic (exact) mass is 174 g/mol. The maximum atomic E-state index is 4.88. The average molecular weight is 174 g/mol. The van der Waals surface area contributed by atoms with E-state index in [-0.39, 0.29) is 0 Å². The van der Waals surface area contributed by atoms with Crippen LogP contribution in [0.2, 0.25) is 0 Å². The molecule has 0 saturated carbocycles. The maximum absolute atomic E-state index is 4.88. The quantitative estimate of drug-likeness (QED) is 0.538. The number of hydrogen-bond donors (Lipinski definition) is 3. The summed E-state index contributed by atoms with van der Waals surface area (Å²) in [4.78, 5) is 0.544. The van der Waals surface area contributed by atoms with Crippen molar-refractivity contribution in [3.8, 4) is 0 Å². The first-order chi connectivity index (χ1) is 4.75. The van der Waals surface area contributed by atoms with E-state index in [1.807, 2.05) is 0 Å². The van der Waals surface area contributed by atoms with Gasteiger partial charge in [0, 0.05) is 7.05 Å². The molecule has 1 aromatic rings. The van der Waals surface area contributed by atoms with Gasteiger partial charge in [0.1, 0.15) is 9.63 Å². The van der Waals surface area contributed by atoms with E-state index >= 15 is 0 Å². The van der Waals surface area contributed by atoms with Gasteiger partial charge in [-0.25, -0.2) is 5.21 Å². The van der Waals surface area contributed by atoms with Crippen LogP contribution < -0.4 is 5.32 Å². The molecule has 0 amide bonds. The first kappa shape index (κ1) is 7.36. The lowest BCUT2D eigenvalue weighted by molar-refractivity contribution is 0.933. The molecule has 0 spiro atoms. The zero-order valence-corrected chi connectivity index (χ0v) is 6.90. The van der Waals surface area contributed by atoms with Gasteiger partial charge in [-0.1, -0.05) is 24.4 Å². The second-order valence-corrected chi connectivity index (χ2v) is 2.42. The summed E-state index contributed by atoms with van der Waals surface area (Å²) in [6, 6.07) is 0. The van der Waals surface area contributed by atoms with E-state index in [1.54, 1.807) is 7.05 Å². The molecular formula is C4H6N4S2. The molecule has 0 radical (unpaired) electrons. The first-order valence-corrected chi connectivity index (χ1v) is 3.42. The summed E-state index contributed by atoms with van der Waals surface area (Å²) in [7, 11) is 1.73. The Morgan fingerprint density at radius 3 is 2.80 bits per heavy atom. The second kappa shape index (κ2) is 2.89. The fourth-order valence-corrected chi connectivity index (χ4v) is 0.923. The highest BCUT2D eigenvalue weighted by atomic mass is 32.1. The van der Waals surface area contributed by atoms with Crippen LogP contribution in [0.15, 0.2) is 0 Å². The van der Waals surface area contributed by atoms with Gasteiger partial charge in [0.2, 0.25) is 0 Å². The number of nitrogens with one attached hydrogen (secondary N) is 3. The van der Waals surface area contributed by atoms with Crippen LogP contribution in [-0.2, 0) is 0 Å². The number of hydrogen-bond acceptors (Lipinski definition) is 3. The molecule has 0 aliphatic heterocycles. The van der Waals surface area contributed by atoms with Crippen molar-refractivity contribution in [1.29, 1.82) is 0 Å². The van der Waals surface area contributed by atoms with Crippen LogP contribution in [0.4, 0.5) is 0 Å². The molecule has 3 N–H and O–H groups in total. The SMILES string of the molecule is CNC(=S)c1n[nH][nH]c1=S. The number of aromatic nitrogens is 3. The van der Waals surface area contributed by atoms with Crippen molar-refractivity contribution in [3.63, 3.8) is 0 Å². The Labute approximate surface area is 68.0 Å². The van der Waals surface area contributed by atoms with E-state index in [9.17, 15) is 0 Å². The predicted octanol–water partition coefficient (Wildman–Crippen LogP) is 0.362. The third-order valence-electron chi connectivity index (χ3n) is 0.994. The lowest BCUT2D eigenvalue weighted by atomic mass is 10.5. The molecule has 1 aromatic heterocycles. The molecule has 0 fully saturated rings. The maximum Gasteiger partial charge on any atom is 0.155 e. The molecule has 1 rings (SSSR count). The highest BCUT2D eigenvalue weighted by molar-refractivity contribution is 7.80. The van der Waals surface area contributed by atoms with Gasteiger partial charge in [0.05, 0.1) is 0 Å². The molecule has 54 valence electrons. The molecule has 4 nitrogen and oxygen atoms in total. The Balaban J connectivity index is 3.05. The Morgan fingerprint density at radius 1 is 1.70 bits per heavy atom. The van der Waals surface area contributed by atoms with E-state index in [4.69, 9.17) is 24.4 Å². The van der Waals surface area contributed by atoms with Crippen LogP contribution in [0.3, 0.4) is 0 Å². The summed E-state index contributed by atoms with van der Waals surface area (Å²) in [5.41, 5.74) is 0.590. The normalized spacial score (nSPS) is 9.30. The second-order valence-electron chi connectivity index (χ2n) is 1.61. The zero-order chi connectivity index (χ0) is 7.56. The van der Waals surface area contributed by atoms with E-state index in [2.05, 4.69) is 20.7 Å². The summed E-state index contributed by atoms with van der Waals surface area (Å²) in [6.45, 7) is 0. The van der Waals surface area contributed by atoms with Crippen molar-refractivity contribution in [3.05, 3.63) is 10.3 Å². The summed E-state index contributed by atoms with van der Waals surface area (Å²) in [5.74, 6) is 0. The fraction of sp³-hybridized carbons (Fsp3) is 0.250. The molecule has 1 heterocycles. The van der Waals surface area contributed by atoms with Gasteiger partial charge in [-0.3, -0.25) is 5.10 Å². The van der Waals surface area contributed by atoms with Crippen molar-refractivity contribution >= 4 is 29.4 Å². The molecule has 10 heavy (non-hydrogen) atoms. The predicted molar refractivity (Wildman–Crippen MR) is 44.5 cm³/mol. The third-order valence-corrected chi connectivity index (χ3v) is 1.69. The molecule has 0 bridgehead atoms. The first-order valence-electron chi connectivity index (χ1n) is 2.61. The minimum absolute atomic E-state index is 0.527. The molecule has 6 heteroatoms. The van der Waals surface area contributed by atoms with E-state index in [0.717, 1.165) is 0 Å². The number of thiocarbonyl (C=S) groups is 1. The van der Waals surface area contributed by atoms with Gasteiger partial charge in [0.25, 0.3) is 0 Å². The van der Waals surface area contributed by atoms with Crippen LogP contribution in [0.1, 0.15) is 5.69 Å². The van der Waals surface area contributed by atoms with Crippen molar-refractivity contribution in [2.45, 2.75) is 0 Å². The molecule has 0 atom stereocenters. The summed E-state index contributed by atoms with van der Waals surface area (Å²) in [5, 5.41) is 11.7. The Kier molecular flexibility index (Phi) is 2.13. The Bertz CT molecular complexity index is 285. The van der Waals surface area contributed by atoms with E-state index in [1.165, 1.54) is 0 Å². The topological polar surface area (TPSA) is 56.5 Å². The number of nitrogens with zero attached hydrogens (tertiary/aromatic N) is 1. The molecule has 0 aliphatic carbocycles. The van der Waals surface area contributed by atoms with Crippen molar-refractivity contribution in [2.24, 2.45) is 0 Å². The Morgan fingerprint density at radius 2 is 2.40 bits per heavy atom. The minimum Gasteiger partial charge on any atom is -0.377 e. The van der Waals surface area contributed by atoms with Crippen molar-refractivity contribution < 1.29 is 0 Å². The number of rotatable bonds is 1. The molecule has 0 aromatic carbocycles. The molecule has 0 unspecified atom stereocenters. The fourth-order valence-electron chi connectivity index (χ4n) is 0.517. The average Bonchev–Trinajstić information content (AvgIpc) is 2.34. The van der Waals surface area contributed by atoms with Crippen LogP contribution in [0, 0.1) is 4.64 Å².